The van der Waals surface area contributed by atoms with Gasteiger partial charge in [-0.05, 0) is 83.5 Å². The molecule has 0 aromatic heterocycles. The lowest BCUT2D eigenvalue weighted by atomic mass is 10.0. The molecule has 0 aromatic carbocycles. The lowest BCUT2D eigenvalue weighted by molar-refractivity contribution is -0.166. The minimum atomic E-state index is -0.824. The molecule has 1 atom stereocenters. The zero-order chi connectivity index (χ0) is 52.2. The highest BCUT2D eigenvalue weighted by Gasteiger charge is 2.19. The summed E-state index contributed by atoms with van der Waals surface area (Å²) in [6.07, 6.45) is 81.9. The Hall–Kier alpha value is -4.19. The van der Waals surface area contributed by atoms with Crippen LogP contribution in [0, 0.1) is 0 Å². The van der Waals surface area contributed by atoms with Gasteiger partial charge in [-0.1, -0.05) is 277 Å². The Kier molecular flexibility index (Phi) is 55.9. The third-order valence-corrected chi connectivity index (χ3v) is 12.3. The molecule has 72 heavy (non-hydrogen) atoms. The van der Waals surface area contributed by atoms with Gasteiger partial charge < -0.3 is 14.2 Å². The molecular weight excluding hydrogens is 889 g/mol. The SMILES string of the molecule is CC/C=C\C/C=C\C/C=C\C/C=C\C/C=C\C/C=C\CCC(=O)OCC(COC(=O)CCCCCCCCCCCCCCCCCCC)OC(=O)CCCCCCC\C=C/C=C\C=C/C=C\CCCCC. The first-order chi connectivity index (χ1) is 35.5. The highest BCUT2D eigenvalue weighted by atomic mass is 16.6. The molecule has 0 saturated heterocycles. The first-order valence-corrected chi connectivity index (χ1v) is 29.6. The third-order valence-electron chi connectivity index (χ3n) is 12.3. The molecule has 0 heterocycles. The fourth-order valence-corrected chi connectivity index (χ4v) is 7.89. The third kappa shape index (κ3) is 56.7. The molecule has 408 valence electrons. The van der Waals surface area contributed by atoms with Gasteiger partial charge >= 0.3 is 17.9 Å². The van der Waals surface area contributed by atoms with Gasteiger partial charge in [0.1, 0.15) is 13.2 Å². The standard InChI is InChI=1S/C66H108O6/c1-4-7-10-13-16-19-22-25-28-31-33-36-38-41-44-47-50-53-56-59-65(68)71-62-63(61-70-64(67)58-55-52-49-46-43-40-37-34-30-27-24-21-18-15-12-9-6-3)72-66(69)60-57-54-51-48-45-42-39-35-32-29-26-23-20-17-14-11-8-5-2/h7,10,16-17,19-20,23,25-26,28-29,32-33,35-36,39,41,44,50,53,63H,4-6,8-9,11-15,18,21-22,24,27,30-31,34,37-38,40,42-43,45-49,51-52,54-62H2,1-3H3/b10-7-,19-16-,20-17-,26-23-,28-25-,32-29-,36-33-,39-35-,44-41-,53-50-. The van der Waals surface area contributed by atoms with Crippen LogP contribution in [0.2, 0.25) is 0 Å². The van der Waals surface area contributed by atoms with Crippen molar-refractivity contribution in [1.82, 2.24) is 0 Å². The van der Waals surface area contributed by atoms with Crippen molar-refractivity contribution in [3.63, 3.8) is 0 Å². The van der Waals surface area contributed by atoms with Gasteiger partial charge in [-0.15, -0.1) is 0 Å². The molecule has 1 unspecified atom stereocenters. The van der Waals surface area contributed by atoms with Crippen LogP contribution < -0.4 is 0 Å². The van der Waals surface area contributed by atoms with Gasteiger partial charge in [0.25, 0.3) is 0 Å². The average Bonchev–Trinajstić information content (AvgIpc) is 3.38. The number of rotatable bonds is 52. The van der Waals surface area contributed by atoms with Crippen molar-refractivity contribution in [2.75, 3.05) is 13.2 Å². The zero-order valence-electron chi connectivity index (χ0n) is 46.7. The fraction of sp³-hybridized carbons (Fsp3) is 0.652. The predicted octanol–water partition coefficient (Wildman–Crippen LogP) is 20.0. The Morgan fingerprint density at radius 1 is 0.306 bits per heavy atom. The van der Waals surface area contributed by atoms with Crippen molar-refractivity contribution in [3.05, 3.63) is 122 Å². The normalized spacial score (nSPS) is 13.0. The first-order valence-electron chi connectivity index (χ1n) is 29.6. The Labute approximate surface area is 443 Å². The van der Waals surface area contributed by atoms with Crippen molar-refractivity contribution in [2.24, 2.45) is 0 Å². The van der Waals surface area contributed by atoms with Crippen molar-refractivity contribution < 1.29 is 28.6 Å². The van der Waals surface area contributed by atoms with E-state index >= 15 is 0 Å². The molecule has 0 bridgehead atoms. The number of carbonyl (C=O) groups excluding carboxylic acids is 3. The maximum atomic E-state index is 12.9. The first kappa shape index (κ1) is 67.8. The maximum absolute atomic E-state index is 12.9. The summed E-state index contributed by atoms with van der Waals surface area (Å²) in [5, 5.41) is 0. The van der Waals surface area contributed by atoms with Crippen LogP contribution in [0.15, 0.2) is 122 Å². The number of ether oxygens (including phenoxy) is 3. The van der Waals surface area contributed by atoms with Crippen molar-refractivity contribution in [1.29, 1.82) is 0 Å². The second kappa shape index (κ2) is 59.4. The van der Waals surface area contributed by atoms with Crippen LogP contribution in [0.4, 0.5) is 0 Å². The highest BCUT2D eigenvalue weighted by molar-refractivity contribution is 5.71. The monoisotopic (exact) mass is 997 g/mol. The molecule has 0 radical (unpaired) electrons. The summed E-state index contributed by atoms with van der Waals surface area (Å²) in [5.41, 5.74) is 0. The fourth-order valence-electron chi connectivity index (χ4n) is 7.89. The van der Waals surface area contributed by atoms with Crippen LogP contribution in [0.3, 0.4) is 0 Å². The summed E-state index contributed by atoms with van der Waals surface area (Å²) >= 11 is 0. The number of hydrogen-bond donors (Lipinski definition) is 0. The van der Waals surface area contributed by atoms with E-state index in [4.69, 9.17) is 14.2 Å². The van der Waals surface area contributed by atoms with Crippen molar-refractivity contribution in [2.45, 2.75) is 264 Å². The van der Waals surface area contributed by atoms with E-state index in [2.05, 4.69) is 136 Å². The van der Waals surface area contributed by atoms with E-state index in [0.29, 0.717) is 12.8 Å². The Morgan fingerprint density at radius 2 is 0.625 bits per heavy atom. The van der Waals surface area contributed by atoms with E-state index in [9.17, 15) is 14.4 Å². The van der Waals surface area contributed by atoms with Gasteiger partial charge in [0, 0.05) is 19.3 Å². The largest absolute Gasteiger partial charge is 0.462 e. The van der Waals surface area contributed by atoms with E-state index in [0.717, 1.165) is 103 Å². The predicted molar refractivity (Wildman–Crippen MR) is 311 cm³/mol. The molecule has 6 nitrogen and oxygen atoms in total. The molecule has 0 fully saturated rings. The summed E-state index contributed by atoms with van der Waals surface area (Å²) in [6.45, 7) is 6.41. The minimum absolute atomic E-state index is 0.112. The molecule has 0 aliphatic rings. The Bertz CT molecular complexity index is 1520. The summed E-state index contributed by atoms with van der Waals surface area (Å²) < 4.78 is 16.8. The van der Waals surface area contributed by atoms with Crippen LogP contribution >= 0.6 is 0 Å². The van der Waals surface area contributed by atoms with E-state index in [1.54, 1.807) is 0 Å². The quantitative estimate of drug-likeness (QED) is 0.0199. The lowest BCUT2D eigenvalue weighted by Crippen LogP contribution is -2.30. The molecular formula is C66H108O6. The number of esters is 3. The molecule has 0 rings (SSSR count). The molecule has 0 N–H and O–H groups in total. The topological polar surface area (TPSA) is 78.9 Å². The summed E-state index contributed by atoms with van der Waals surface area (Å²) in [6, 6.07) is 0. The van der Waals surface area contributed by atoms with Crippen LogP contribution in [-0.4, -0.2) is 37.2 Å². The van der Waals surface area contributed by atoms with Gasteiger partial charge in [-0.25, -0.2) is 0 Å². The molecule has 0 aliphatic carbocycles. The van der Waals surface area contributed by atoms with Crippen molar-refractivity contribution >= 4 is 17.9 Å². The summed E-state index contributed by atoms with van der Waals surface area (Å²) in [7, 11) is 0. The Morgan fingerprint density at radius 3 is 1.06 bits per heavy atom. The summed E-state index contributed by atoms with van der Waals surface area (Å²) in [4.78, 5) is 38.2. The number of allylic oxidation sites excluding steroid dienone is 20. The van der Waals surface area contributed by atoms with E-state index in [1.165, 1.54) is 109 Å². The smallest absolute Gasteiger partial charge is 0.306 e. The Balaban J connectivity index is 4.55. The van der Waals surface area contributed by atoms with Gasteiger partial charge in [0.2, 0.25) is 0 Å². The van der Waals surface area contributed by atoms with E-state index in [-0.39, 0.29) is 44.0 Å². The zero-order valence-corrected chi connectivity index (χ0v) is 46.7. The van der Waals surface area contributed by atoms with Gasteiger partial charge in [0.05, 0.1) is 0 Å². The van der Waals surface area contributed by atoms with Crippen LogP contribution in [0.25, 0.3) is 0 Å². The molecule has 0 aromatic rings. The lowest BCUT2D eigenvalue weighted by Gasteiger charge is -2.18. The molecule has 6 heteroatoms. The molecule has 0 saturated carbocycles. The molecule has 0 amide bonds. The van der Waals surface area contributed by atoms with E-state index in [1.807, 2.05) is 6.08 Å². The molecule has 0 aliphatic heterocycles. The second-order valence-corrected chi connectivity index (χ2v) is 19.3. The highest BCUT2D eigenvalue weighted by Crippen LogP contribution is 2.15. The van der Waals surface area contributed by atoms with Crippen LogP contribution in [-0.2, 0) is 28.6 Å². The van der Waals surface area contributed by atoms with Gasteiger partial charge in [-0.2, -0.15) is 0 Å². The average molecular weight is 998 g/mol. The number of unbranched alkanes of at least 4 members (excludes halogenated alkanes) is 24. The van der Waals surface area contributed by atoms with Gasteiger partial charge in [-0.3, -0.25) is 14.4 Å². The maximum Gasteiger partial charge on any atom is 0.306 e. The number of carbonyl (C=O) groups is 3. The van der Waals surface area contributed by atoms with E-state index < -0.39 is 6.10 Å². The molecule has 0 spiro atoms. The van der Waals surface area contributed by atoms with Crippen molar-refractivity contribution in [3.8, 4) is 0 Å². The minimum Gasteiger partial charge on any atom is -0.462 e. The summed E-state index contributed by atoms with van der Waals surface area (Å²) in [5.74, 6) is -1.02. The number of hydrogen-bond acceptors (Lipinski definition) is 6. The van der Waals surface area contributed by atoms with Gasteiger partial charge in [0.15, 0.2) is 6.10 Å². The van der Waals surface area contributed by atoms with Crippen LogP contribution in [0.1, 0.15) is 258 Å². The second-order valence-electron chi connectivity index (χ2n) is 19.3. The van der Waals surface area contributed by atoms with Crippen LogP contribution in [0.5, 0.6) is 0 Å².